The molecule has 1 aliphatic heterocycles. The molecule has 2 heteroatoms. The van der Waals surface area contributed by atoms with E-state index in [2.05, 4.69) is 38.1 Å². The molecule has 0 atom stereocenters. The number of hydrogen-bond donors (Lipinski definition) is 0. The number of fused-ring (bicyclic) bond motifs is 1. The van der Waals surface area contributed by atoms with Gasteiger partial charge in [-0.2, -0.15) is 0 Å². The van der Waals surface area contributed by atoms with E-state index in [4.69, 9.17) is 4.74 Å². The molecule has 0 radical (unpaired) electrons. The molecule has 1 aromatic rings. The Labute approximate surface area is 90.9 Å². The predicted molar refractivity (Wildman–Crippen MR) is 62.0 cm³/mol. The maximum atomic E-state index is 5.13. The first-order valence-electron chi connectivity index (χ1n) is 5.23. The van der Waals surface area contributed by atoms with Crippen LogP contribution in [-0.2, 0) is 4.74 Å². The summed E-state index contributed by atoms with van der Waals surface area (Å²) in [4.78, 5) is 2.89. The van der Waals surface area contributed by atoms with E-state index in [0.717, 1.165) is 26.1 Å². The first-order chi connectivity index (χ1) is 6.88. The van der Waals surface area contributed by atoms with E-state index in [9.17, 15) is 0 Å². The summed E-state index contributed by atoms with van der Waals surface area (Å²) < 4.78 is 5.13. The Hall–Kier alpha value is -0.470. The minimum atomic E-state index is 0.924. The zero-order valence-electron chi connectivity index (χ0n) is 8.95. The highest BCUT2D eigenvalue weighted by molar-refractivity contribution is 8.04. The summed E-state index contributed by atoms with van der Waals surface area (Å²) in [5, 5.41) is 0. The zero-order valence-corrected chi connectivity index (χ0v) is 9.77. The van der Waals surface area contributed by atoms with Gasteiger partial charge in [0.05, 0.1) is 0 Å². The van der Waals surface area contributed by atoms with Gasteiger partial charge in [0.1, 0.15) is 0 Å². The Kier molecular flexibility index (Phi) is 5.72. The molecule has 0 fully saturated rings. The third kappa shape index (κ3) is 4.68. The molecule has 0 unspecified atom stereocenters. The molecular weight excluding hydrogens is 192 g/mol. The molecule has 1 nitrogen and oxygen atoms in total. The molecule has 0 amide bonds. The van der Waals surface area contributed by atoms with Crippen molar-refractivity contribution in [3.63, 3.8) is 0 Å². The van der Waals surface area contributed by atoms with Gasteiger partial charge in [0.15, 0.2) is 0 Å². The van der Waals surface area contributed by atoms with Crippen molar-refractivity contribution in [2.45, 2.75) is 36.5 Å². The maximum absolute atomic E-state index is 5.13. The van der Waals surface area contributed by atoms with Crippen LogP contribution in [-0.4, -0.2) is 13.2 Å². The Balaban J connectivity index is 0.000000140. The number of rotatable bonds is 4. The molecular formula is C12H18OS. The summed E-state index contributed by atoms with van der Waals surface area (Å²) in [7, 11) is 0. The summed E-state index contributed by atoms with van der Waals surface area (Å²) in [6.07, 6.45) is 2.28. The third-order valence-electron chi connectivity index (χ3n) is 1.72. The van der Waals surface area contributed by atoms with Crippen LogP contribution >= 0.6 is 11.8 Å². The van der Waals surface area contributed by atoms with Crippen LogP contribution in [0.1, 0.15) is 26.7 Å². The van der Waals surface area contributed by atoms with E-state index < -0.39 is 0 Å². The molecule has 1 aromatic carbocycles. The zero-order chi connectivity index (χ0) is 10.2. The van der Waals surface area contributed by atoms with Gasteiger partial charge in [-0.05, 0) is 25.0 Å². The summed E-state index contributed by atoms with van der Waals surface area (Å²) in [5.74, 6) is 0. The normalized spacial score (nSPS) is 11.3. The van der Waals surface area contributed by atoms with Crippen molar-refractivity contribution < 1.29 is 4.74 Å². The summed E-state index contributed by atoms with van der Waals surface area (Å²) >= 11 is 1.86. The summed E-state index contributed by atoms with van der Waals surface area (Å²) in [5.41, 5.74) is 0. The molecule has 0 aromatic heterocycles. The predicted octanol–water partition coefficient (Wildman–Crippen LogP) is 3.97. The Morgan fingerprint density at radius 3 is 1.86 bits per heavy atom. The van der Waals surface area contributed by atoms with Crippen molar-refractivity contribution in [3.8, 4) is 0 Å². The summed E-state index contributed by atoms with van der Waals surface area (Å²) in [6, 6.07) is 8.41. The van der Waals surface area contributed by atoms with Crippen LogP contribution < -0.4 is 0 Å². The van der Waals surface area contributed by atoms with Crippen LogP contribution in [0, 0.1) is 0 Å². The largest absolute Gasteiger partial charge is 0.381 e. The van der Waals surface area contributed by atoms with Crippen LogP contribution in [0.4, 0.5) is 0 Å². The topological polar surface area (TPSA) is 9.23 Å². The van der Waals surface area contributed by atoms with Crippen LogP contribution in [0.2, 0.25) is 0 Å². The van der Waals surface area contributed by atoms with Crippen LogP contribution in [0.15, 0.2) is 34.1 Å². The maximum Gasteiger partial charge on any atom is 0.0463 e. The van der Waals surface area contributed by atoms with Crippen LogP contribution in [0.5, 0.6) is 0 Å². The molecule has 78 valence electrons. The second kappa shape index (κ2) is 6.91. The van der Waals surface area contributed by atoms with E-state index in [-0.39, 0.29) is 0 Å². The van der Waals surface area contributed by atoms with Crippen LogP contribution in [0.3, 0.4) is 0 Å². The van der Waals surface area contributed by atoms with E-state index in [0.29, 0.717) is 0 Å². The van der Waals surface area contributed by atoms with Crippen LogP contribution in [0.25, 0.3) is 0 Å². The van der Waals surface area contributed by atoms with Crippen molar-refractivity contribution >= 4 is 11.8 Å². The number of ether oxygens (including phenoxy) is 1. The molecule has 0 saturated heterocycles. The Morgan fingerprint density at radius 1 is 1.00 bits per heavy atom. The van der Waals surface area contributed by atoms with Gasteiger partial charge >= 0.3 is 0 Å². The Bertz CT molecular complexity index is 235. The highest BCUT2D eigenvalue weighted by Gasteiger charge is 2.14. The monoisotopic (exact) mass is 210 g/mol. The molecule has 0 N–H and O–H groups in total. The molecule has 2 rings (SSSR count). The lowest BCUT2D eigenvalue weighted by atomic mass is 10.4. The van der Waals surface area contributed by atoms with Gasteiger partial charge in [0.2, 0.25) is 0 Å². The van der Waals surface area contributed by atoms with Crippen molar-refractivity contribution in [2.24, 2.45) is 0 Å². The fourth-order valence-corrected chi connectivity index (χ4v) is 1.62. The van der Waals surface area contributed by atoms with E-state index in [1.54, 1.807) is 0 Å². The number of benzene rings is 1. The molecule has 0 bridgehead atoms. The van der Waals surface area contributed by atoms with Crippen molar-refractivity contribution in [1.29, 1.82) is 0 Å². The first-order valence-corrected chi connectivity index (χ1v) is 6.04. The molecule has 1 heterocycles. The fourth-order valence-electron chi connectivity index (χ4n) is 1.00. The summed E-state index contributed by atoms with van der Waals surface area (Å²) in [6.45, 7) is 6.09. The van der Waals surface area contributed by atoms with Gasteiger partial charge in [-0.15, -0.1) is 0 Å². The van der Waals surface area contributed by atoms with E-state index >= 15 is 0 Å². The smallest absolute Gasteiger partial charge is 0.0463 e. The van der Waals surface area contributed by atoms with Gasteiger partial charge in [0, 0.05) is 23.0 Å². The third-order valence-corrected chi connectivity index (χ3v) is 2.67. The average Bonchev–Trinajstić information content (AvgIpc) is 2.98. The van der Waals surface area contributed by atoms with E-state index in [1.165, 1.54) is 9.79 Å². The van der Waals surface area contributed by atoms with Gasteiger partial charge in [-0.25, -0.2) is 0 Å². The standard InChI is InChI=1S/C6H14O.C6H4S/c1-3-5-7-6-4-2;1-2-4-6-5(3-1)7-6/h3-6H2,1-2H3;1-4H. The molecule has 0 spiro atoms. The highest BCUT2D eigenvalue weighted by atomic mass is 32.2. The van der Waals surface area contributed by atoms with Gasteiger partial charge in [0.25, 0.3) is 0 Å². The van der Waals surface area contributed by atoms with Crippen molar-refractivity contribution in [3.05, 3.63) is 24.3 Å². The molecule has 1 aliphatic rings. The first kappa shape index (κ1) is 11.6. The molecule has 0 aliphatic carbocycles. The quantitative estimate of drug-likeness (QED) is 0.557. The average molecular weight is 210 g/mol. The lowest BCUT2D eigenvalue weighted by Crippen LogP contribution is -1.92. The molecule has 14 heavy (non-hydrogen) atoms. The molecule has 0 saturated carbocycles. The Morgan fingerprint density at radius 2 is 1.50 bits per heavy atom. The van der Waals surface area contributed by atoms with Gasteiger partial charge in [-0.3, -0.25) is 0 Å². The lowest BCUT2D eigenvalue weighted by Gasteiger charge is -1.95. The van der Waals surface area contributed by atoms with Gasteiger partial charge in [-0.1, -0.05) is 37.7 Å². The second-order valence-corrected chi connectivity index (χ2v) is 4.24. The van der Waals surface area contributed by atoms with Crippen molar-refractivity contribution in [1.82, 2.24) is 0 Å². The highest BCUT2D eigenvalue weighted by Crippen LogP contribution is 2.47. The lowest BCUT2D eigenvalue weighted by molar-refractivity contribution is 0.135. The number of hydrogen-bond acceptors (Lipinski definition) is 2. The fraction of sp³-hybridized carbons (Fsp3) is 0.500. The van der Waals surface area contributed by atoms with E-state index in [1.807, 2.05) is 11.8 Å². The minimum Gasteiger partial charge on any atom is -0.381 e. The van der Waals surface area contributed by atoms with Gasteiger partial charge < -0.3 is 4.74 Å². The SMILES string of the molecule is CCCOCCC.c1ccc2c(c1)S2. The second-order valence-electron chi connectivity index (χ2n) is 3.16. The minimum absolute atomic E-state index is 0.924. The van der Waals surface area contributed by atoms with Crippen molar-refractivity contribution in [2.75, 3.05) is 13.2 Å².